The minimum atomic E-state index is -0.441. The normalized spacial score (nSPS) is 10.8. The molecule has 0 saturated heterocycles. The van der Waals surface area contributed by atoms with Gasteiger partial charge in [0, 0.05) is 48.8 Å². The lowest BCUT2D eigenvalue weighted by molar-refractivity contribution is 0.0827. The minimum absolute atomic E-state index is 0.183. The Labute approximate surface area is 195 Å². The first-order chi connectivity index (χ1) is 16.0. The summed E-state index contributed by atoms with van der Waals surface area (Å²) in [4.78, 5) is 35.6. The van der Waals surface area contributed by atoms with Crippen molar-refractivity contribution in [2.45, 2.75) is 10.9 Å². The molecular formula is C24H22N4O4S. The minimum Gasteiger partial charge on any atom is -0.495 e. The van der Waals surface area contributed by atoms with Crippen LogP contribution in [0, 0.1) is 0 Å². The number of hydrogen-bond acceptors (Lipinski definition) is 7. The summed E-state index contributed by atoms with van der Waals surface area (Å²) in [5.74, 6) is 0.440. The van der Waals surface area contributed by atoms with E-state index in [1.165, 1.54) is 23.8 Å². The third-order valence-corrected chi connectivity index (χ3v) is 5.80. The van der Waals surface area contributed by atoms with Gasteiger partial charge in [0.2, 0.25) is 0 Å². The van der Waals surface area contributed by atoms with Gasteiger partial charge >= 0.3 is 0 Å². The van der Waals surface area contributed by atoms with Crippen molar-refractivity contribution in [3.8, 4) is 5.75 Å². The Morgan fingerprint density at radius 1 is 1.09 bits per heavy atom. The van der Waals surface area contributed by atoms with Crippen LogP contribution in [0.4, 0.5) is 5.69 Å². The largest absolute Gasteiger partial charge is 0.495 e. The van der Waals surface area contributed by atoms with Crippen LogP contribution in [0.2, 0.25) is 0 Å². The van der Waals surface area contributed by atoms with Crippen LogP contribution in [-0.2, 0) is 5.75 Å². The molecule has 2 aromatic carbocycles. The molecule has 0 aliphatic carbocycles. The lowest BCUT2D eigenvalue weighted by Crippen LogP contribution is -2.22. The number of furan rings is 1. The number of carbonyl (C=O) groups excluding carboxylic acids is 2. The molecule has 0 bridgehead atoms. The number of para-hydroxylation sites is 1. The summed E-state index contributed by atoms with van der Waals surface area (Å²) >= 11 is 1.41. The number of ether oxygens (including phenoxy) is 1. The second-order valence-corrected chi connectivity index (χ2v) is 8.24. The van der Waals surface area contributed by atoms with Gasteiger partial charge in [-0.2, -0.15) is 0 Å². The number of amides is 2. The number of hydrogen-bond donors (Lipinski definition) is 1. The maximum Gasteiger partial charge on any atom is 0.291 e. The lowest BCUT2D eigenvalue weighted by Gasteiger charge is -2.14. The zero-order valence-corrected chi connectivity index (χ0v) is 19.2. The molecule has 33 heavy (non-hydrogen) atoms. The number of thioether (sulfide) groups is 1. The summed E-state index contributed by atoms with van der Waals surface area (Å²) < 4.78 is 11.3. The van der Waals surface area contributed by atoms with Crippen LogP contribution in [0.5, 0.6) is 5.75 Å². The van der Waals surface area contributed by atoms with E-state index in [4.69, 9.17) is 9.15 Å². The van der Waals surface area contributed by atoms with Crippen LogP contribution < -0.4 is 10.1 Å². The molecule has 9 heteroatoms. The van der Waals surface area contributed by atoms with E-state index in [9.17, 15) is 9.59 Å². The highest BCUT2D eigenvalue weighted by molar-refractivity contribution is 7.98. The third kappa shape index (κ3) is 4.83. The number of benzene rings is 2. The molecule has 0 spiro atoms. The molecule has 4 rings (SSSR count). The van der Waals surface area contributed by atoms with Gasteiger partial charge in [0.15, 0.2) is 10.9 Å². The van der Waals surface area contributed by atoms with Crippen LogP contribution in [-0.4, -0.2) is 47.9 Å². The van der Waals surface area contributed by atoms with Gasteiger partial charge in [-0.25, -0.2) is 9.97 Å². The van der Waals surface area contributed by atoms with Crippen LogP contribution in [0.1, 0.15) is 26.5 Å². The van der Waals surface area contributed by atoms with Gasteiger partial charge in [0.05, 0.1) is 12.8 Å². The predicted molar refractivity (Wildman–Crippen MR) is 127 cm³/mol. The van der Waals surface area contributed by atoms with Crippen molar-refractivity contribution < 1.29 is 18.7 Å². The smallest absolute Gasteiger partial charge is 0.291 e. The third-order valence-electron chi connectivity index (χ3n) is 4.89. The first-order valence-corrected chi connectivity index (χ1v) is 11.1. The van der Waals surface area contributed by atoms with Crippen molar-refractivity contribution in [3.63, 3.8) is 0 Å². The van der Waals surface area contributed by atoms with E-state index in [1.54, 1.807) is 50.8 Å². The molecule has 0 fully saturated rings. The van der Waals surface area contributed by atoms with Crippen molar-refractivity contribution in [2.75, 3.05) is 26.5 Å². The first kappa shape index (κ1) is 22.3. The van der Waals surface area contributed by atoms with E-state index in [-0.39, 0.29) is 11.7 Å². The Hall–Kier alpha value is -3.85. The van der Waals surface area contributed by atoms with E-state index >= 15 is 0 Å². The fourth-order valence-corrected chi connectivity index (χ4v) is 4.13. The Kier molecular flexibility index (Phi) is 6.60. The molecule has 0 saturated carbocycles. The van der Waals surface area contributed by atoms with Crippen LogP contribution in [0.15, 0.2) is 70.5 Å². The number of nitrogens with one attached hydrogen (secondary N) is 1. The number of nitrogens with zero attached hydrogens (tertiary/aromatic N) is 3. The number of fused-ring (bicyclic) bond motifs is 1. The molecule has 0 aliphatic rings. The van der Waals surface area contributed by atoms with Crippen LogP contribution in [0.3, 0.4) is 0 Å². The van der Waals surface area contributed by atoms with E-state index in [0.717, 1.165) is 10.9 Å². The molecule has 8 nitrogen and oxygen atoms in total. The van der Waals surface area contributed by atoms with Crippen LogP contribution in [0.25, 0.3) is 11.0 Å². The average molecular weight is 463 g/mol. The average Bonchev–Trinajstić information content (AvgIpc) is 3.21. The van der Waals surface area contributed by atoms with Crippen molar-refractivity contribution >= 4 is 40.2 Å². The summed E-state index contributed by atoms with van der Waals surface area (Å²) in [5, 5.41) is 4.29. The molecule has 0 aliphatic heterocycles. The van der Waals surface area contributed by atoms with Crippen molar-refractivity contribution in [2.24, 2.45) is 0 Å². The number of rotatable bonds is 7. The highest BCUT2D eigenvalue weighted by atomic mass is 32.2. The lowest BCUT2D eigenvalue weighted by atomic mass is 10.1. The van der Waals surface area contributed by atoms with E-state index in [0.29, 0.717) is 33.5 Å². The summed E-state index contributed by atoms with van der Waals surface area (Å²) in [5.41, 5.74) is 2.15. The number of methoxy groups -OCH3 is 1. The second kappa shape index (κ2) is 9.74. The van der Waals surface area contributed by atoms with Gasteiger partial charge in [0.25, 0.3) is 11.8 Å². The molecule has 0 radical (unpaired) electrons. The molecular weight excluding hydrogens is 440 g/mol. The van der Waals surface area contributed by atoms with Gasteiger partial charge < -0.3 is 19.4 Å². The van der Waals surface area contributed by atoms with Crippen molar-refractivity contribution in [3.05, 3.63) is 77.8 Å². The maximum atomic E-state index is 13.3. The fraction of sp³-hybridized carbons (Fsp3) is 0.167. The van der Waals surface area contributed by atoms with E-state index < -0.39 is 5.91 Å². The van der Waals surface area contributed by atoms with Gasteiger partial charge in [-0.3, -0.25) is 9.59 Å². The fourth-order valence-electron chi connectivity index (χ4n) is 3.30. The summed E-state index contributed by atoms with van der Waals surface area (Å²) in [6.45, 7) is 0. The van der Waals surface area contributed by atoms with E-state index in [2.05, 4.69) is 15.3 Å². The van der Waals surface area contributed by atoms with Crippen molar-refractivity contribution in [1.82, 2.24) is 14.9 Å². The summed E-state index contributed by atoms with van der Waals surface area (Å²) in [7, 11) is 4.83. The molecule has 0 atom stereocenters. The van der Waals surface area contributed by atoms with E-state index in [1.807, 2.05) is 24.3 Å². The molecule has 168 valence electrons. The molecule has 0 unspecified atom stereocenters. The number of anilines is 1. The maximum absolute atomic E-state index is 13.3. The zero-order chi connectivity index (χ0) is 23.4. The summed E-state index contributed by atoms with van der Waals surface area (Å²) in [6.07, 6.45) is 3.34. The zero-order valence-electron chi connectivity index (χ0n) is 18.4. The quantitative estimate of drug-likeness (QED) is 0.319. The van der Waals surface area contributed by atoms with Gasteiger partial charge in [-0.1, -0.05) is 30.0 Å². The second-order valence-electron chi connectivity index (χ2n) is 7.29. The summed E-state index contributed by atoms with van der Waals surface area (Å²) in [6, 6.07) is 14.1. The topological polar surface area (TPSA) is 97.6 Å². The highest BCUT2D eigenvalue weighted by Crippen LogP contribution is 2.33. The van der Waals surface area contributed by atoms with Gasteiger partial charge in [-0.15, -0.1) is 0 Å². The Morgan fingerprint density at radius 3 is 2.58 bits per heavy atom. The SMILES string of the molecule is COc1ccc(C(=O)N(C)C)cc1NC(=O)c1oc2ccccc2c1CSc1ncccn1. The first-order valence-electron chi connectivity index (χ1n) is 10.1. The van der Waals surface area contributed by atoms with Crippen LogP contribution >= 0.6 is 11.8 Å². The number of carbonyl (C=O) groups is 2. The molecule has 2 amide bonds. The van der Waals surface area contributed by atoms with Crippen molar-refractivity contribution in [1.29, 1.82) is 0 Å². The number of aromatic nitrogens is 2. The molecule has 2 aromatic heterocycles. The Bertz CT molecular complexity index is 1300. The van der Waals surface area contributed by atoms with Gasteiger partial charge in [-0.05, 0) is 30.3 Å². The standard InChI is InChI=1S/C24H22N4O4S/c1-28(2)23(30)15-9-10-20(31-3)18(13-15)27-22(29)21-17(14-33-24-25-11-6-12-26-24)16-7-4-5-8-19(16)32-21/h4-13H,14H2,1-3H3,(H,27,29). The molecule has 2 heterocycles. The Morgan fingerprint density at radius 2 is 1.85 bits per heavy atom. The Balaban J connectivity index is 1.67. The van der Waals surface area contributed by atoms with Gasteiger partial charge in [0.1, 0.15) is 11.3 Å². The molecule has 1 N–H and O–H groups in total. The predicted octanol–water partition coefficient (Wildman–Crippen LogP) is 4.48. The molecule has 4 aromatic rings. The monoisotopic (exact) mass is 462 g/mol. The highest BCUT2D eigenvalue weighted by Gasteiger charge is 2.23.